The molecular weight excluding hydrogens is 234 g/mol. The molecule has 0 atom stereocenters. The standard InChI is InChI=1S/C13H15NO4/c1-9(14)18-13(15)7-5-10-4-6-11(16-2)8-12(10)17-3/h4-8,14H,1-3H3/b7-5+,14-9?. The molecule has 1 rings (SSSR count). The Morgan fingerprint density at radius 3 is 2.56 bits per heavy atom. The number of ether oxygens (including phenoxy) is 3. The lowest BCUT2D eigenvalue weighted by molar-refractivity contribution is -0.130. The van der Waals surface area contributed by atoms with E-state index in [4.69, 9.17) is 14.9 Å². The third kappa shape index (κ3) is 3.93. The molecule has 0 aliphatic heterocycles. The first-order valence-electron chi connectivity index (χ1n) is 5.24. The Bertz CT molecular complexity index is 480. The van der Waals surface area contributed by atoms with Crippen LogP contribution in [0.15, 0.2) is 24.3 Å². The fourth-order valence-corrected chi connectivity index (χ4v) is 1.30. The molecule has 18 heavy (non-hydrogen) atoms. The Morgan fingerprint density at radius 1 is 1.28 bits per heavy atom. The molecule has 0 saturated carbocycles. The predicted molar refractivity (Wildman–Crippen MR) is 68.1 cm³/mol. The van der Waals surface area contributed by atoms with E-state index in [1.165, 1.54) is 20.1 Å². The maximum absolute atomic E-state index is 11.2. The Labute approximate surface area is 105 Å². The largest absolute Gasteiger partial charge is 0.497 e. The number of benzene rings is 1. The molecule has 0 unspecified atom stereocenters. The van der Waals surface area contributed by atoms with Gasteiger partial charge in [-0.2, -0.15) is 0 Å². The number of esters is 1. The van der Waals surface area contributed by atoms with E-state index in [2.05, 4.69) is 4.74 Å². The molecule has 0 spiro atoms. The van der Waals surface area contributed by atoms with E-state index in [1.54, 1.807) is 31.4 Å². The van der Waals surface area contributed by atoms with Gasteiger partial charge in [0.25, 0.3) is 0 Å². The van der Waals surface area contributed by atoms with Gasteiger partial charge >= 0.3 is 5.97 Å². The molecule has 0 saturated heterocycles. The fraction of sp³-hybridized carbons (Fsp3) is 0.231. The second-order valence-electron chi connectivity index (χ2n) is 3.42. The van der Waals surface area contributed by atoms with Crippen LogP contribution in [0.3, 0.4) is 0 Å². The third-order valence-corrected chi connectivity index (χ3v) is 2.09. The van der Waals surface area contributed by atoms with Gasteiger partial charge in [0.1, 0.15) is 11.5 Å². The van der Waals surface area contributed by atoms with Crippen molar-refractivity contribution >= 4 is 17.9 Å². The van der Waals surface area contributed by atoms with Crippen LogP contribution in [-0.4, -0.2) is 26.1 Å². The normalized spacial score (nSPS) is 10.2. The Hall–Kier alpha value is -2.30. The van der Waals surface area contributed by atoms with Gasteiger partial charge in [-0.15, -0.1) is 0 Å². The van der Waals surface area contributed by atoms with Crippen molar-refractivity contribution in [3.63, 3.8) is 0 Å². The topological polar surface area (TPSA) is 68.6 Å². The Morgan fingerprint density at radius 2 is 2.00 bits per heavy atom. The molecule has 0 fully saturated rings. The van der Waals surface area contributed by atoms with Crippen molar-refractivity contribution in [3.8, 4) is 11.5 Å². The van der Waals surface area contributed by atoms with Gasteiger partial charge in [-0.1, -0.05) is 0 Å². The molecule has 0 aromatic heterocycles. The molecule has 1 aromatic carbocycles. The van der Waals surface area contributed by atoms with Crippen LogP contribution in [0.2, 0.25) is 0 Å². The smallest absolute Gasteiger partial charge is 0.337 e. The monoisotopic (exact) mass is 249 g/mol. The molecule has 0 aliphatic rings. The van der Waals surface area contributed by atoms with Gasteiger partial charge in [0.05, 0.1) is 14.2 Å². The van der Waals surface area contributed by atoms with Crippen molar-refractivity contribution < 1.29 is 19.0 Å². The van der Waals surface area contributed by atoms with Crippen LogP contribution in [-0.2, 0) is 9.53 Å². The first-order chi connectivity index (χ1) is 8.56. The van der Waals surface area contributed by atoms with Crippen molar-refractivity contribution in [1.29, 1.82) is 5.41 Å². The van der Waals surface area contributed by atoms with Crippen LogP contribution in [0.5, 0.6) is 11.5 Å². The molecule has 5 heteroatoms. The van der Waals surface area contributed by atoms with Gasteiger partial charge in [0.2, 0.25) is 0 Å². The number of hydrogen-bond acceptors (Lipinski definition) is 5. The molecule has 5 nitrogen and oxygen atoms in total. The molecular formula is C13H15NO4. The highest BCUT2D eigenvalue weighted by molar-refractivity contribution is 5.95. The Balaban J connectivity index is 2.86. The lowest BCUT2D eigenvalue weighted by Crippen LogP contribution is -2.04. The lowest BCUT2D eigenvalue weighted by atomic mass is 10.2. The minimum absolute atomic E-state index is 0.147. The van der Waals surface area contributed by atoms with Crippen molar-refractivity contribution in [3.05, 3.63) is 29.8 Å². The number of carbonyl (C=O) groups excluding carboxylic acids is 1. The summed E-state index contributed by atoms with van der Waals surface area (Å²) in [5.41, 5.74) is 0.720. The predicted octanol–water partition coefficient (Wildman–Crippen LogP) is 2.26. The summed E-state index contributed by atoms with van der Waals surface area (Å²) in [7, 11) is 3.10. The summed E-state index contributed by atoms with van der Waals surface area (Å²) < 4.78 is 14.8. The van der Waals surface area contributed by atoms with E-state index < -0.39 is 5.97 Å². The van der Waals surface area contributed by atoms with Crippen LogP contribution in [0, 0.1) is 5.41 Å². The second kappa shape index (κ2) is 6.44. The van der Waals surface area contributed by atoms with Crippen molar-refractivity contribution in [2.45, 2.75) is 6.92 Å². The average molecular weight is 249 g/mol. The summed E-state index contributed by atoms with van der Waals surface area (Å²) in [6.45, 7) is 1.39. The first-order valence-corrected chi connectivity index (χ1v) is 5.24. The van der Waals surface area contributed by atoms with E-state index in [-0.39, 0.29) is 5.90 Å². The summed E-state index contributed by atoms with van der Waals surface area (Å²) in [5.74, 6) is 0.513. The van der Waals surface area contributed by atoms with Crippen LogP contribution < -0.4 is 9.47 Å². The SMILES string of the molecule is COc1ccc(/C=C/C(=O)OC(C)=N)c(OC)c1. The zero-order valence-electron chi connectivity index (χ0n) is 10.5. The van der Waals surface area contributed by atoms with E-state index in [0.29, 0.717) is 11.5 Å². The summed E-state index contributed by atoms with van der Waals surface area (Å²) in [6, 6.07) is 5.24. The lowest BCUT2D eigenvalue weighted by Gasteiger charge is -2.07. The van der Waals surface area contributed by atoms with E-state index in [1.807, 2.05) is 0 Å². The molecule has 0 bridgehead atoms. The van der Waals surface area contributed by atoms with Gasteiger partial charge in [-0.3, -0.25) is 5.41 Å². The fourth-order valence-electron chi connectivity index (χ4n) is 1.30. The van der Waals surface area contributed by atoms with Crippen LogP contribution >= 0.6 is 0 Å². The number of carbonyl (C=O) groups is 1. The van der Waals surface area contributed by atoms with E-state index in [9.17, 15) is 4.79 Å². The van der Waals surface area contributed by atoms with Gasteiger partial charge in [0.15, 0.2) is 5.90 Å². The van der Waals surface area contributed by atoms with Crippen molar-refractivity contribution in [1.82, 2.24) is 0 Å². The summed E-state index contributed by atoms with van der Waals surface area (Å²) >= 11 is 0. The summed E-state index contributed by atoms with van der Waals surface area (Å²) in [6.07, 6.45) is 2.80. The highest BCUT2D eigenvalue weighted by Gasteiger charge is 2.03. The second-order valence-corrected chi connectivity index (χ2v) is 3.42. The zero-order valence-corrected chi connectivity index (χ0v) is 10.5. The van der Waals surface area contributed by atoms with Crippen LogP contribution in [0.4, 0.5) is 0 Å². The average Bonchev–Trinajstić information content (AvgIpc) is 2.35. The van der Waals surface area contributed by atoms with Crippen molar-refractivity contribution in [2.24, 2.45) is 0 Å². The van der Waals surface area contributed by atoms with E-state index >= 15 is 0 Å². The molecule has 0 radical (unpaired) electrons. The number of rotatable bonds is 4. The maximum Gasteiger partial charge on any atom is 0.337 e. The minimum atomic E-state index is -0.597. The van der Waals surface area contributed by atoms with Crippen LogP contribution in [0.25, 0.3) is 6.08 Å². The zero-order chi connectivity index (χ0) is 13.5. The minimum Gasteiger partial charge on any atom is -0.497 e. The van der Waals surface area contributed by atoms with Gasteiger partial charge < -0.3 is 14.2 Å². The molecule has 96 valence electrons. The molecule has 0 heterocycles. The summed E-state index contributed by atoms with van der Waals surface area (Å²) in [4.78, 5) is 11.2. The number of hydrogen-bond donors (Lipinski definition) is 1. The van der Waals surface area contributed by atoms with Gasteiger partial charge in [-0.05, 0) is 18.2 Å². The highest BCUT2D eigenvalue weighted by atomic mass is 16.5. The van der Waals surface area contributed by atoms with Gasteiger partial charge in [-0.25, -0.2) is 4.79 Å². The molecule has 1 N–H and O–H groups in total. The maximum atomic E-state index is 11.2. The molecule has 0 amide bonds. The quantitative estimate of drug-likeness (QED) is 0.384. The van der Waals surface area contributed by atoms with Crippen LogP contribution in [0.1, 0.15) is 12.5 Å². The van der Waals surface area contributed by atoms with Crippen molar-refractivity contribution in [2.75, 3.05) is 14.2 Å². The molecule has 1 aromatic rings. The summed E-state index contributed by atoms with van der Waals surface area (Å²) in [5, 5.41) is 7.02. The van der Waals surface area contributed by atoms with E-state index in [0.717, 1.165) is 5.56 Å². The molecule has 0 aliphatic carbocycles. The van der Waals surface area contributed by atoms with Gasteiger partial charge in [0, 0.05) is 24.6 Å². The Kier molecular flexibility index (Phi) is 4.92. The first kappa shape index (κ1) is 13.8. The number of methoxy groups -OCH3 is 2. The highest BCUT2D eigenvalue weighted by Crippen LogP contribution is 2.25. The third-order valence-electron chi connectivity index (χ3n) is 2.09. The number of nitrogens with one attached hydrogen (secondary N) is 1.